The van der Waals surface area contributed by atoms with Gasteiger partial charge in [0.2, 0.25) is 5.91 Å². The van der Waals surface area contributed by atoms with Gasteiger partial charge in [-0.05, 0) is 38.5 Å². The molecule has 1 saturated heterocycles. The van der Waals surface area contributed by atoms with E-state index >= 15 is 0 Å². The first kappa shape index (κ1) is 20.7. The molecule has 2 amide bonds. The first-order chi connectivity index (χ1) is 13.8. The van der Waals surface area contributed by atoms with Crippen LogP contribution in [-0.2, 0) is 9.53 Å². The monoisotopic (exact) mass is 395 g/mol. The van der Waals surface area contributed by atoms with E-state index in [0.717, 1.165) is 24.3 Å². The maximum Gasteiger partial charge on any atom is 0.408 e. The largest absolute Gasteiger partial charge is 0.444 e. The highest BCUT2D eigenvalue weighted by molar-refractivity contribution is 5.87. The summed E-state index contributed by atoms with van der Waals surface area (Å²) >= 11 is 0. The summed E-state index contributed by atoms with van der Waals surface area (Å²) in [5, 5.41) is 2.76. The molecule has 1 aliphatic heterocycles. The van der Waals surface area contributed by atoms with Gasteiger partial charge in [0, 0.05) is 31.9 Å². The molecule has 0 saturated carbocycles. The lowest BCUT2D eigenvalue weighted by molar-refractivity contribution is -0.134. The third-order valence-electron chi connectivity index (χ3n) is 4.75. The van der Waals surface area contributed by atoms with E-state index in [1.54, 1.807) is 20.8 Å². The van der Waals surface area contributed by atoms with Crippen LogP contribution >= 0.6 is 0 Å². The summed E-state index contributed by atoms with van der Waals surface area (Å²) in [6.45, 7) is 8.12. The van der Waals surface area contributed by atoms with Gasteiger partial charge in [-0.3, -0.25) is 4.79 Å². The van der Waals surface area contributed by atoms with Crippen LogP contribution in [0.3, 0.4) is 0 Å². The maximum atomic E-state index is 13.3. The number of carbonyl (C=O) groups is 2. The molecule has 1 fully saturated rings. The fraction of sp³-hybridized carbons (Fsp3) is 0.391. The summed E-state index contributed by atoms with van der Waals surface area (Å²) in [5.74, 6) is -0.116. The van der Waals surface area contributed by atoms with Gasteiger partial charge in [0.1, 0.15) is 11.6 Å². The minimum Gasteiger partial charge on any atom is -0.444 e. The number of hydrogen-bond donors (Lipinski definition) is 1. The van der Waals surface area contributed by atoms with Gasteiger partial charge in [0.15, 0.2) is 0 Å². The number of benzene rings is 2. The minimum atomic E-state index is -0.769. The smallest absolute Gasteiger partial charge is 0.408 e. The highest BCUT2D eigenvalue weighted by Gasteiger charge is 2.31. The summed E-state index contributed by atoms with van der Waals surface area (Å²) in [4.78, 5) is 29.7. The van der Waals surface area contributed by atoms with Gasteiger partial charge < -0.3 is 19.9 Å². The van der Waals surface area contributed by atoms with Crippen LogP contribution in [0.5, 0.6) is 0 Å². The van der Waals surface area contributed by atoms with Gasteiger partial charge in [0.05, 0.1) is 0 Å². The van der Waals surface area contributed by atoms with E-state index in [1.807, 2.05) is 53.4 Å². The van der Waals surface area contributed by atoms with Crippen LogP contribution in [-0.4, -0.2) is 48.7 Å². The number of rotatable bonds is 4. The number of carbonyl (C=O) groups excluding carboxylic acids is 2. The van der Waals surface area contributed by atoms with Crippen LogP contribution in [0.15, 0.2) is 60.7 Å². The van der Waals surface area contributed by atoms with Crippen molar-refractivity contribution in [1.29, 1.82) is 0 Å². The number of amides is 2. The highest BCUT2D eigenvalue weighted by Crippen LogP contribution is 2.20. The lowest BCUT2D eigenvalue weighted by atomic mass is 10.1. The molecule has 0 unspecified atom stereocenters. The Morgan fingerprint density at radius 2 is 1.45 bits per heavy atom. The Balaban J connectivity index is 1.69. The van der Waals surface area contributed by atoms with E-state index in [2.05, 4.69) is 22.3 Å². The zero-order valence-electron chi connectivity index (χ0n) is 17.3. The maximum absolute atomic E-state index is 13.3. The third-order valence-corrected chi connectivity index (χ3v) is 4.75. The predicted molar refractivity (Wildman–Crippen MR) is 114 cm³/mol. The number of nitrogens with one attached hydrogen (secondary N) is 1. The van der Waals surface area contributed by atoms with Crippen LogP contribution in [0, 0.1) is 0 Å². The topological polar surface area (TPSA) is 61.9 Å². The standard InChI is InChI=1S/C23H29N3O3/c1-23(2,3)29-22(28)24-20(18-10-6-4-7-11-18)21(27)26-16-14-25(15-17-26)19-12-8-5-9-13-19/h4-13,20H,14-17H2,1-3H3,(H,24,28)/t20-/m0/s1. The van der Waals surface area contributed by atoms with Gasteiger partial charge >= 0.3 is 6.09 Å². The average Bonchev–Trinajstić information content (AvgIpc) is 2.72. The second-order valence-corrected chi connectivity index (χ2v) is 8.14. The molecule has 1 N–H and O–H groups in total. The summed E-state index contributed by atoms with van der Waals surface area (Å²) in [6, 6.07) is 18.7. The SMILES string of the molecule is CC(C)(C)OC(=O)N[C@H](C(=O)N1CCN(c2ccccc2)CC1)c1ccccc1. The molecule has 0 aliphatic carbocycles. The molecule has 0 aromatic heterocycles. The summed E-state index contributed by atoms with van der Waals surface area (Å²) in [7, 11) is 0. The lowest BCUT2D eigenvalue weighted by Gasteiger charge is -2.37. The van der Waals surface area contributed by atoms with Crippen LogP contribution in [0.2, 0.25) is 0 Å². The van der Waals surface area contributed by atoms with Crippen molar-refractivity contribution in [2.75, 3.05) is 31.1 Å². The highest BCUT2D eigenvalue weighted by atomic mass is 16.6. The minimum absolute atomic E-state index is 0.116. The van der Waals surface area contributed by atoms with Crippen molar-refractivity contribution in [3.8, 4) is 0 Å². The first-order valence-electron chi connectivity index (χ1n) is 9.97. The van der Waals surface area contributed by atoms with Gasteiger partial charge in [-0.25, -0.2) is 4.79 Å². The molecule has 6 heteroatoms. The van der Waals surface area contributed by atoms with Crippen molar-refractivity contribution >= 4 is 17.7 Å². The summed E-state index contributed by atoms with van der Waals surface area (Å²) in [6.07, 6.45) is -0.595. The quantitative estimate of drug-likeness (QED) is 0.859. The van der Waals surface area contributed by atoms with Crippen molar-refractivity contribution in [2.45, 2.75) is 32.4 Å². The Labute approximate surface area is 172 Å². The molecule has 1 aliphatic rings. The fourth-order valence-corrected chi connectivity index (χ4v) is 3.36. The van der Waals surface area contributed by atoms with E-state index in [1.165, 1.54) is 0 Å². The number of piperazine rings is 1. The zero-order valence-corrected chi connectivity index (χ0v) is 17.3. The molecule has 0 bridgehead atoms. The normalized spacial score (nSPS) is 15.6. The van der Waals surface area contributed by atoms with Gasteiger partial charge in [0.25, 0.3) is 0 Å². The van der Waals surface area contributed by atoms with E-state index in [4.69, 9.17) is 4.74 Å². The zero-order chi connectivity index (χ0) is 20.9. The van der Waals surface area contributed by atoms with E-state index < -0.39 is 17.7 Å². The number of nitrogens with zero attached hydrogens (tertiary/aromatic N) is 2. The average molecular weight is 396 g/mol. The van der Waals surface area contributed by atoms with Crippen molar-refractivity contribution in [1.82, 2.24) is 10.2 Å². The molecule has 2 aromatic carbocycles. The molecule has 1 atom stereocenters. The first-order valence-corrected chi connectivity index (χ1v) is 9.97. The number of ether oxygens (including phenoxy) is 1. The summed E-state index contributed by atoms with van der Waals surface area (Å²) in [5.41, 5.74) is 1.27. The van der Waals surface area contributed by atoms with E-state index in [-0.39, 0.29) is 5.91 Å². The van der Waals surface area contributed by atoms with E-state index in [9.17, 15) is 9.59 Å². The molecule has 2 aromatic rings. The number of para-hydroxylation sites is 1. The number of alkyl carbamates (subject to hydrolysis) is 1. The van der Waals surface area contributed by atoms with Crippen LogP contribution in [0.25, 0.3) is 0 Å². The van der Waals surface area contributed by atoms with Crippen LogP contribution in [0.1, 0.15) is 32.4 Å². The molecule has 0 radical (unpaired) electrons. The number of hydrogen-bond acceptors (Lipinski definition) is 4. The Morgan fingerprint density at radius 1 is 0.897 bits per heavy atom. The van der Waals surface area contributed by atoms with Gasteiger partial charge in [-0.2, -0.15) is 0 Å². The molecule has 1 heterocycles. The molecular formula is C23H29N3O3. The fourth-order valence-electron chi connectivity index (χ4n) is 3.36. The van der Waals surface area contributed by atoms with Crippen LogP contribution < -0.4 is 10.2 Å². The Hall–Kier alpha value is -3.02. The second kappa shape index (κ2) is 8.99. The Morgan fingerprint density at radius 3 is 2.00 bits per heavy atom. The Kier molecular flexibility index (Phi) is 6.42. The van der Waals surface area contributed by atoms with Crippen molar-refractivity contribution in [2.24, 2.45) is 0 Å². The lowest BCUT2D eigenvalue weighted by Crippen LogP contribution is -2.52. The second-order valence-electron chi connectivity index (χ2n) is 8.14. The van der Waals surface area contributed by atoms with E-state index in [0.29, 0.717) is 13.1 Å². The van der Waals surface area contributed by atoms with Gasteiger partial charge in [-0.1, -0.05) is 48.5 Å². The van der Waals surface area contributed by atoms with Crippen LogP contribution in [0.4, 0.5) is 10.5 Å². The molecule has 6 nitrogen and oxygen atoms in total. The predicted octanol–water partition coefficient (Wildman–Crippen LogP) is 3.60. The molecule has 3 rings (SSSR count). The molecule has 0 spiro atoms. The van der Waals surface area contributed by atoms with Crippen molar-refractivity contribution in [3.63, 3.8) is 0 Å². The van der Waals surface area contributed by atoms with Gasteiger partial charge in [-0.15, -0.1) is 0 Å². The van der Waals surface area contributed by atoms with Crippen molar-refractivity contribution < 1.29 is 14.3 Å². The Bertz CT molecular complexity index is 810. The molecule has 154 valence electrons. The number of anilines is 1. The molecule has 29 heavy (non-hydrogen) atoms. The molecular weight excluding hydrogens is 366 g/mol. The third kappa shape index (κ3) is 5.73. The van der Waals surface area contributed by atoms with Crippen molar-refractivity contribution in [3.05, 3.63) is 66.2 Å². The summed E-state index contributed by atoms with van der Waals surface area (Å²) < 4.78 is 5.37.